The Labute approximate surface area is 119 Å². The Kier molecular flexibility index (Phi) is 5.67. The molecule has 0 aliphatic heterocycles. The maximum atomic E-state index is 10.1. The van der Waals surface area contributed by atoms with E-state index in [9.17, 15) is 5.11 Å². The average Bonchev–Trinajstić information content (AvgIpc) is 2.23. The van der Waals surface area contributed by atoms with Crippen LogP contribution in [0.4, 0.5) is 0 Å². The molecular weight excluding hydrogens is 290 g/mol. The van der Waals surface area contributed by atoms with Crippen LogP contribution < -0.4 is 0 Å². The van der Waals surface area contributed by atoms with E-state index in [4.69, 9.17) is 0 Å². The molecule has 0 saturated heterocycles. The monoisotopic (exact) mass is 313 g/mol. The highest BCUT2D eigenvalue weighted by molar-refractivity contribution is 9.10. The molecule has 0 fully saturated rings. The molecule has 0 spiro atoms. The highest BCUT2D eigenvalue weighted by atomic mass is 79.9. The maximum Gasteiger partial charge on any atom is 0.123 e. The number of nitrogens with zero attached hydrogens (tertiary/aromatic N) is 1. The summed E-state index contributed by atoms with van der Waals surface area (Å²) in [5.41, 5.74) is 1.92. The highest BCUT2D eigenvalue weighted by Gasteiger charge is 2.15. The molecule has 0 aliphatic carbocycles. The van der Waals surface area contributed by atoms with E-state index in [1.165, 1.54) is 0 Å². The van der Waals surface area contributed by atoms with Gasteiger partial charge in [0, 0.05) is 29.2 Å². The number of aromatic hydroxyl groups is 1. The van der Waals surface area contributed by atoms with Gasteiger partial charge in [0.2, 0.25) is 0 Å². The Balaban J connectivity index is 2.93. The summed E-state index contributed by atoms with van der Waals surface area (Å²) in [4.78, 5) is 2.39. The van der Waals surface area contributed by atoms with Gasteiger partial charge in [0.25, 0.3) is 0 Å². The Morgan fingerprint density at radius 3 is 2.33 bits per heavy atom. The number of hydrogen-bond donors (Lipinski definition) is 1. The largest absolute Gasteiger partial charge is 0.507 e. The summed E-state index contributed by atoms with van der Waals surface area (Å²) in [5.74, 6) is 1.05. The third-order valence-electron chi connectivity index (χ3n) is 3.05. The topological polar surface area (TPSA) is 23.5 Å². The Morgan fingerprint density at radius 2 is 1.83 bits per heavy atom. The van der Waals surface area contributed by atoms with Gasteiger partial charge in [0.15, 0.2) is 0 Å². The lowest BCUT2D eigenvalue weighted by Gasteiger charge is -2.28. The fourth-order valence-electron chi connectivity index (χ4n) is 2.07. The molecule has 102 valence electrons. The summed E-state index contributed by atoms with van der Waals surface area (Å²) >= 11 is 3.50. The molecule has 2 nitrogen and oxygen atoms in total. The second-order valence-corrected chi connectivity index (χ2v) is 6.56. The normalized spacial score (nSPS) is 11.8. The zero-order valence-corrected chi connectivity index (χ0v) is 13.6. The molecule has 1 N–H and O–H groups in total. The molecule has 0 amide bonds. The number of aryl methyl sites for hydroxylation is 1. The molecule has 0 heterocycles. The van der Waals surface area contributed by atoms with Gasteiger partial charge in [0.1, 0.15) is 5.75 Å². The zero-order valence-electron chi connectivity index (χ0n) is 12.0. The van der Waals surface area contributed by atoms with Crippen molar-refractivity contribution < 1.29 is 5.11 Å². The van der Waals surface area contributed by atoms with Gasteiger partial charge >= 0.3 is 0 Å². The van der Waals surface area contributed by atoms with Gasteiger partial charge in [-0.05, 0) is 44.4 Å². The molecule has 0 unspecified atom stereocenters. The van der Waals surface area contributed by atoms with Crippen LogP contribution in [0.2, 0.25) is 0 Å². The van der Waals surface area contributed by atoms with Crippen molar-refractivity contribution in [3.05, 3.63) is 27.7 Å². The van der Waals surface area contributed by atoms with E-state index in [1.54, 1.807) is 0 Å². The van der Waals surface area contributed by atoms with Gasteiger partial charge < -0.3 is 5.11 Å². The molecule has 0 aliphatic rings. The zero-order chi connectivity index (χ0) is 13.9. The summed E-state index contributed by atoms with van der Waals surface area (Å²) in [7, 11) is 0. The quantitative estimate of drug-likeness (QED) is 0.874. The SMILES string of the molecule is Cc1cc(Br)cc(CN(CC(C)C)C(C)C)c1O. The van der Waals surface area contributed by atoms with Gasteiger partial charge in [-0.1, -0.05) is 29.8 Å². The molecular formula is C15H24BrNO. The third kappa shape index (κ3) is 4.29. The molecule has 1 aromatic carbocycles. The number of phenols is 1. The molecule has 18 heavy (non-hydrogen) atoms. The van der Waals surface area contributed by atoms with Crippen LogP contribution in [0, 0.1) is 12.8 Å². The van der Waals surface area contributed by atoms with Gasteiger partial charge in [0.05, 0.1) is 0 Å². The summed E-state index contributed by atoms with van der Waals surface area (Å²) in [6.45, 7) is 12.6. The van der Waals surface area contributed by atoms with Gasteiger partial charge in [-0.2, -0.15) is 0 Å². The predicted molar refractivity (Wildman–Crippen MR) is 80.9 cm³/mol. The number of halogens is 1. The molecule has 0 atom stereocenters. The first kappa shape index (κ1) is 15.5. The first-order valence-electron chi connectivity index (χ1n) is 6.53. The van der Waals surface area contributed by atoms with E-state index in [0.717, 1.165) is 28.7 Å². The minimum Gasteiger partial charge on any atom is -0.507 e. The number of hydrogen-bond acceptors (Lipinski definition) is 2. The number of benzene rings is 1. The van der Waals surface area contributed by atoms with Crippen molar-refractivity contribution in [2.45, 2.75) is 47.2 Å². The van der Waals surface area contributed by atoms with Gasteiger partial charge in [-0.15, -0.1) is 0 Å². The first-order valence-corrected chi connectivity index (χ1v) is 7.32. The minimum absolute atomic E-state index is 0.424. The van der Waals surface area contributed by atoms with E-state index >= 15 is 0 Å². The second-order valence-electron chi connectivity index (χ2n) is 5.65. The molecule has 0 saturated carbocycles. The van der Waals surface area contributed by atoms with Gasteiger partial charge in [-0.25, -0.2) is 0 Å². The Bertz CT molecular complexity index is 402. The van der Waals surface area contributed by atoms with Crippen LogP contribution in [0.15, 0.2) is 16.6 Å². The van der Waals surface area contributed by atoms with E-state index in [1.807, 2.05) is 19.1 Å². The van der Waals surface area contributed by atoms with Crippen LogP contribution in [0.3, 0.4) is 0 Å². The van der Waals surface area contributed by atoms with Crippen LogP contribution in [0.25, 0.3) is 0 Å². The van der Waals surface area contributed by atoms with E-state index in [2.05, 4.69) is 48.5 Å². The van der Waals surface area contributed by atoms with Crippen LogP contribution in [-0.2, 0) is 6.54 Å². The molecule has 3 heteroatoms. The standard InChI is InChI=1S/C15H24BrNO/c1-10(2)8-17(11(3)4)9-13-7-14(16)6-12(5)15(13)18/h6-7,10-11,18H,8-9H2,1-5H3. The van der Waals surface area contributed by atoms with Crippen LogP contribution in [-0.4, -0.2) is 22.6 Å². The van der Waals surface area contributed by atoms with Crippen LogP contribution in [0.1, 0.15) is 38.8 Å². The minimum atomic E-state index is 0.424. The fourth-order valence-corrected chi connectivity index (χ4v) is 2.69. The maximum absolute atomic E-state index is 10.1. The van der Waals surface area contributed by atoms with Crippen molar-refractivity contribution in [2.75, 3.05) is 6.54 Å². The van der Waals surface area contributed by atoms with E-state index < -0.39 is 0 Å². The predicted octanol–water partition coefficient (Wildman–Crippen LogP) is 4.33. The lowest BCUT2D eigenvalue weighted by molar-refractivity contribution is 0.187. The van der Waals surface area contributed by atoms with Crippen molar-refractivity contribution in [3.8, 4) is 5.75 Å². The molecule has 0 aromatic heterocycles. The van der Waals surface area contributed by atoms with Crippen molar-refractivity contribution in [2.24, 2.45) is 5.92 Å². The highest BCUT2D eigenvalue weighted by Crippen LogP contribution is 2.28. The summed E-state index contributed by atoms with van der Waals surface area (Å²) in [6.07, 6.45) is 0. The van der Waals surface area contributed by atoms with Crippen molar-refractivity contribution in [3.63, 3.8) is 0 Å². The Hall–Kier alpha value is -0.540. The number of phenolic OH excluding ortho intramolecular Hbond substituents is 1. The lowest BCUT2D eigenvalue weighted by atomic mass is 10.1. The summed E-state index contributed by atoms with van der Waals surface area (Å²) in [5, 5.41) is 10.1. The van der Waals surface area contributed by atoms with E-state index in [-0.39, 0.29) is 0 Å². The third-order valence-corrected chi connectivity index (χ3v) is 3.51. The second kappa shape index (κ2) is 6.58. The number of rotatable bonds is 5. The summed E-state index contributed by atoms with van der Waals surface area (Å²) < 4.78 is 1.03. The smallest absolute Gasteiger partial charge is 0.123 e. The Morgan fingerprint density at radius 1 is 1.22 bits per heavy atom. The molecule has 1 rings (SSSR count). The van der Waals surface area contributed by atoms with Crippen LogP contribution >= 0.6 is 15.9 Å². The molecule has 0 radical (unpaired) electrons. The van der Waals surface area contributed by atoms with Gasteiger partial charge in [-0.3, -0.25) is 4.90 Å². The molecule has 1 aromatic rings. The van der Waals surface area contributed by atoms with Crippen molar-refractivity contribution in [1.82, 2.24) is 4.90 Å². The molecule has 0 bridgehead atoms. The van der Waals surface area contributed by atoms with Crippen molar-refractivity contribution in [1.29, 1.82) is 0 Å². The van der Waals surface area contributed by atoms with E-state index in [0.29, 0.717) is 17.7 Å². The average molecular weight is 314 g/mol. The van der Waals surface area contributed by atoms with Crippen LogP contribution in [0.5, 0.6) is 5.75 Å². The summed E-state index contributed by atoms with van der Waals surface area (Å²) in [6, 6.07) is 4.44. The lowest BCUT2D eigenvalue weighted by Crippen LogP contribution is -2.33. The first-order chi connectivity index (χ1) is 8.31. The fraction of sp³-hybridized carbons (Fsp3) is 0.600. The van der Waals surface area contributed by atoms with Crippen molar-refractivity contribution >= 4 is 15.9 Å².